The van der Waals surface area contributed by atoms with Crippen LogP contribution in [-0.4, -0.2) is 40.5 Å². The van der Waals surface area contributed by atoms with Gasteiger partial charge in [0.1, 0.15) is 22.9 Å². The van der Waals surface area contributed by atoms with Gasteiger partial charge < -0.3 is 24.4 Å². The molecule has 2 heterocycles. The smallest absolute Gasteiger partial charge is 0.334 e. The number of hydrogen-bond acceptors (Lipinski definition) is 7. The number of aromatic hydroxyl groups is 1. The predicted molar refractivity (Wildman–Crippen MR) is 101 cm³/mol. The molecule has 152 valence electrons. The minimum absolute atomic E-state index is 0.0205. The van der Waals surface area contributed by atoms with Crippen LogP contribution in [0.3, 0.4) is 0 Å². The molecule has 2 fully saturated rings. The number of carbonyl (C=O) groups is 2. The fourth-order valence-corrected chi connectivity index (χ4v) is 5.42. The van der Waals surface area contributed by atoms with Crippen molar-refractivity contribution >= 4 is 17.3 Å². The third kappa shape index (κ3) is 2.06. The first-order valence-electron chi connectivity index (χ1n) is 9.72. The van der Waals surface area contributed by atoms with Gasteiger partial charge in [-0.15, -0.1) is 0 Å². The Hall–Kier alpha value is -2.80. The lowest BCUT2D eigenvalue weighted by Gasteiger charge is -2.43. The summed E-state index contributed by atoms with van der Waals surface area (Å²) in [5, 5.41) is 22.3. The van der Waals surface area contributed by atoms with Crippen LogP contribution < -0.4 is 9.47 Å². The molecule has 1 saturated heterocycles. The van der Waals surface area contributed by atoms with Gasteiger partial charge in [-0.2, -0.15) is 0 Å². The van der Waals surface area contributed by atoms with E-state index < -0.39 is 28.9 Å². The van der Waals surface area contributed by atoms with Crippen molar-refractivity contribution < 1.29 is 34.0 Å². The number of benzene rings is 1. The van der Waals surface area contributed by atoms with E-state index in [1.165, 1.54) is 12.1 Å². The molecule has 0 unspecified atom stereocenters. The maximum Gasteiger partial charge on any atom is 0.334 e. The molecule has 0 aromatic heterocycles. The number of carbonyl (C=O) groups excluding carboxylic acids is 2. The van der Waals surface area contributed by atoms with Crippen LogP contribution in [0.2, 0.25) is 0 Å². The summed E-state index contributed by atoms with van der Waals surface area (Å²) in [6.07, 6.45) is 1.88. The van der Waals surface area contributed by atoms with Crippen molar-refractivity contribution in [3.05, 3.63) is 35.9 Å². The quantitative estimate of drug-likeness (QED) is 0.553. The zero-order valence-corrected chi connectivity index (χ0v) is 16.2. The minimum Gasteiger partial charge on any atom is -0.507 e. The fraction of sp³-hybridized carbons (Fsp3) is 0.455. The molecule has 1 saturated carbocycles. The van der Waals surface area contributed by atoms with E-state index in [2.05, 4.69) is 6.58 Å². The van der Waals surface area contributed by atoms with Gasteiger partial charge in [0.25, 0.3) is 0 Å². The van der Waals surface area contributed by atoms with Gasteiger partial charge in [0, 0.05) is 17.1 Å². The zero-order valence-electron chi connectivity index (χ0n) is 16.2. The molecular formula is C22H22O7. The van der Waals surface area contributed by atoms with E-state index in [9.17, 15) is 19.8 Å². The molecule has 4 aliphatic rings. The molecule has 5 rings (SSSR count). The second-order valence-corrected chi connectivity index (χ2v) is 8.54. The van der Waals surface area contributed by atoms with Crippen molar-refractivity contribution in [1.29, 1.82) is 0 Å². The number of Topliss-reactive ketones (excluding diaryl/α,β-unsaturated/α-hetero) is 1. The number of phenolic OH excluding ortho intramolecular Hbond substituents is 1. The van der Waals surface area contributed by atoms with Crippen LogP contribution >= 0.6 is 0 Å². The Balaban J connectivity index is 1.71. The number of hydrogen-bond donors (Lipinski definition) is 2. The molecule has 1 aromatic rings. The van der Waals surface area contributed by atoms with Gasteiger partial charge in [0.2, 0.25) is 6.79 Å². The van der Waals surface area contributed by atoms with Crippen LogP contribution in [0.25, 0.3) is 5.57 Å². The number of allylic oxidation sites excluding steroid dienone is 1. The van der Waals surface area contributed by atoms with Crippen LogP contribution in [0.15, 0.2) is 30.4 Å². The van der Waals surface area contributed by atoms with Crippen LogP contribution in [0.4, 0.5) is 0 Å². The van der Waals surface area contributed by atoms with Gasteiger partial charge in [-0.25, -0.2) is 4.79 Å². The number of esters is 1. The molecule has 2 N–H and O–H groups in total. The average molecular weight is 398 g/mol. The van der Waals surface area contributed by atoms with E-state index >= 15 is 0 Å². The third-order valence-corrected chi connectivity index (χ3v) is 7.24. The van der Waals surface area contributed by atoms with E-state index in [4.69, 9.17) is 14.2 Å². The van der Waals surface area contributed by atoms with Crippen molar-refractivity contribution in [2.75, 3.05) is 6.79 Å². The summed E-state index contributed by atoms with van der Waals surface area (Å²) in [6, 6.07) is 3.00. The largest absolute Gasteiger partial charge is 0.507 e. The maximum atomic E-state index is 13.8. The molecule has 7 heteroatoms. The van der Waals surface area contributed by atoms with Gasteiger partial charge in [-0.3, -0.25) is 4.79 Å². The van der Waals surface area contributed by atoms with Gasteiger partial charge >= 0.3 is 5.97 Å². The summed E-state index contributed by atoms with van der Waals surface area (Å²) in [5.74, 6) is -0.996. The molecule has 5 atom stereocenters. The normalized spacial score (nSPS) is 37.7. The Bertz CT molecular complexity index is 1010. The molecule has 0 amide bonds. The van der Waals surface area contributed by atoms with Crippen molar-refractivity contribution in [3.63, 3.8) is 0 Å². The second-order valence-electron chi connectivity index (χ2n) is 8.54. The van der Waals surface area contributed by atoms with Crippen molar-refractivity contribution in [1.82, 2.24) is 0 Å². The van der Waals surface area contributed by atoms with Crippen molar-refractivity contribution in [2.24, 2.45) is 17.3 Å². The lowest BCUT2D eigenvalue weighted by Crippen LogP contribution is -2.56. The van der Waals surface area contributed by atoms with E-state index in [1.807, 2.05) is 6.92 Å². The first-order valence-corrected chi connectivity index (χ1v) is 9.72. The van der Waals surface area contributed by atoms with Gasteiger partial charge in [-0.1, -0.05) is 13.5 Å². The number of aliphatic hydroxyl groups is 1. The number of fused-ring (bicyclic) bond motifs is 4. The highest BCUT2D eigenvalue weighted by Crippen LogP contribution is 2.60. The van der Waals surface area contributed by atoms with E-state index in [0.29, 0.717) is 24.2 Å². The Morgan fingerprint density at radius 3 is 2.72 bits per heavy atom. The van der Waals surface area contributed by atoms with E-state index in [1.54, 1.807) is 13.0 Å². The molecule has 0 radical (unpaired) electrons. The lowest BCUT2D eigenvalue weighted by atomic mass is 9.64. The number of phenols is 1. The third-order valence-electron chi connectivity index (χ3n) is 7.24. The van der Waals surface area contributed by atoms with Crippen LogP contribution in [0, 0.1) is 17.3 Å². The molecular weight excluding hydrogens is 376 g/mol. The van der Waals surface area contributed by atoms with E-state index in [0.717, 1.165) is 0 Å². The summed E-state index contributed by atoms with van der Waals surface area (Å²) in [4.78, 5) is 26.0. The summed E-state index contributed by atoms with van der Waals surface area (Å²) in [5.41, 5.74) is -2.28. The van der Waals surface area contributed by atoms with Gasteiger partial charge in [0.15, 0.2) is 17.3 Å². The molecule has 7 nitrogen and oxygen atoms in total. The highest BCUT2D eigenvalue weighted by atomic mass is 16.7. The fourth-order valence-electron chi connectivity index (χ4n) is 5.42. The Morgan fingerprint density at radius 1 is 1.21 bits per heavy atom. The molecule has 29 heavy (non-hydrogen) atoms. The summed E-state index contributed by atoms with van der Waals surface area (Å²) in [6.45, 7) is 7.36. The highest BCUT2D eigenvalue weighted by molar-refractivity contribution is 6.28. The average Bonchev–Trinajstić information content (AvgIpc) is 3.31. The SMILES string of the molecule is C=C1C(=O)O[C@@H]2[C@H]1CC[C@H](C)[C@]1(O)C=C(c3c(O)ccc4c3OCO4)C(=O)[C@@]21C. The Labute approximate surface area is 167 Å². The standard InChI is InChI=1S/C22H22O7/c1-10-4-5-12-11(2)20(25)29-19(12)21(3)18(24)13(8-22(10,21)26)16-14(23)6-7-15-17(16)28-9-27-15/h6-8,10,12,19,23,26H,2,4-5,9H2,1,3H3/t10-,12-,19+,21-,22+/m0/s1. The molecule has 0 spiro atoms. The van der Waals surface area contributed by atoms with Crippen molar-refractivity contribution in [2.45, 2.75) is 38.4 Å². The Kier molecular flexibility index (Phi) is 3.54. The maximum absolute atomic E-state index is 13.8. The highest BCUT2D eigenvalue weighted by Gasteiger charge is 2.68. The Morgan fingerprint density at radius 2 is 1.97 bits per heavy atom. The summed E-state index contributed by atoms with van der Waals surface area (Å²) >= 11 is 0. The first kappa shape index (κ1) is 18.2. The number of rotatable bonds is 1. The first-order chi connectivity index (χ1) is 13.7. The molecule has 0 bridgehead atoms. The van der Waals surface area contributed by atoms with Gasteiger partial charge in [0.05, 0.1) is 5.56 Å². The topological polar surface area (TPSA) is 102 Å². The minimum atomic E-state index is -1.56. The summed E-state index contributed by atoms with van der Waals surface area (Å²) < 4.78 is 16.5. The van der Waals surface area contributed by atoms with Crippen molar-refractivity contribution in [3.8, 4) is 17.2 Å². The lowest BCUT2D eigenvalue weighted by molar-refractivity contribution is -0.165. The monoisotopic (exact) mass is 398 g/mol. The van der Waals surface area contributed by atoms with Crippen LogP contribution in [-0.2, 0) is 14.3 Å². The predicted octanol–water partition coefficient (Wildman–Crippen LogP) is 2.35. The number of ether oxygens (including phenoxy) is 3. The zero-order chi connectivity index (χ0) is 20.7. The summed E-state index contributed by atoms with van der Waals surface area (Å²) in [7, 11) is 0. The molecule has 2 aliphatic heterocycles. The number of ketones is 1. The van der Waals surface area contributed by atoms with E-state index in [-0.39, 0.29) is 41.3 Å². The molecule has 2 aliphatic carbocycles. The molecule has 1 aromatic carbocycles. The van der Waals surface area contributed by atoms with Gasteiger partial charge in [-0.05, 0) is 43.9 Å². The van der Waals surface area contributed by atoms with Crippen LogP contribution in [0.5, 0.6) is 17.2 Å². The second kappa shape index (κ2) is 5.63. The van der Waals surface area contributed by atoms with Crippen LogP contribution in [0.1, 0.15) is 32.3 Å².